The van der Waals surface area contributed by atoms with E-state index in [1.54, 1.807) is 0 Å². The molecule has 0 aliphatic carbocycles. The smallest absolute Gasteiger partial charge is 0.232 e. The van der Waals surface area contributed by atoms with E-state index in [0.29, 0.717) is 0 Å². The summed E-state index contributed by atoms with van der Waals surface area (Å²) < 4.78 is 0. The highest BCUT2D eigenvalue weighted by Crippen LogP contribution is 1.89. The molecule has 62 valence electrons. The van der Waals surface area contributed by atoms with Crippen molar-refractivity contribution in [3.63, 3.8) is 0 Å². The third-order valence-electron chi connectivity index (χ3n) is 1.09. The lowest BCUT2D eigenvalue weighted by Gasteiger charge is -2.14. The van der Waals surface area contributed by atoms with Crippen LogP contribution < -0.4 is 5.73 Å². The summed E-state index contributed by atoms with van der Waals surface area (Å²) in [6.45, 7) is 2.50. The number of nitrogens with zero attached hydrogens (tertiary/aromatic N) is 2. The molecule has 0 radical (unpaired) electrons. The van der Waals surface area contributed by atoms with Crippen molar-refractivity contribution in [2.24, 2.45) is 10.7 Å². The van der Waals surface area contributed by atoms with Gasteiger partial charge in [-0.2, -0.15) is 0 Å². The van der Waals surface area contributed by atoms with Crippen LogP contribution in [-0.4, -0.2) is 29.7 Å². The largest absolute Gasteiger partial charge is 0.369 e. The van der Waals surface area contributed by atoms with Crippen LogP contribution in [-0.2, 0) is 9.59 Å². The number of aliphatic imine (C=N–C) groups is 1. The van der Waals surface area contributed by atoms with Crippen LogP contribution in [0, 0.1) is 0 Å². The van der Waals surface area contributed by atoms with Gasteiger partial charge in [0.1, 0.15) is 0 Å². The van der Waals surface area contributed by atoms with Gasteiger partial charge in [-0.05, 0) is 0 Å². The second kappa shape index (κ2) is 3.70. The van der Waals surface area contributed by atoms with Crippen LogP contribution in [0.5, 0.6) is 0 Å². The highest BCUT2D eigenvalue weighted by molar-refractivity contribution is 6.09. The average molecular weight is 157 g/mol. The highest BCUT2D eigenvalue weighted by Gasteiger charge is 2.16. The number of hydrogen-bond donors (Lipinski definition) is 1. The summed E-state index contributed by atoms with van der Waals surface area (Å²) in [6, 6.07) is 0. The summed E-state index contributed by atoms with van der Waals surface area (Å²) in [4.78, 5) is 25.8. The molecule has 0 aliphatic heterocycles. The molecule has 0 bridgehead atoms. The van der Waals surface area contributed by atoms with E-state index in [1.165, 1.54) is 20.9 Å². The van der Waals surface area contributed by atoms with Gasteiger partial charge in [-0.15, -0.1) is 0 Å². The summed E-state index contributed by atoms with van der Waals surface area (Å²) in [6.07, 6.45) is 0. The Labute approximate surface area is 64.9 Å². The summed E-state index contributed by atoms with van der Waals surface area (Å²) in [7, 11) is 1.41. The fraction of sp³-hybridized carbons (Fsp3) is 0.500. The van der Waals surface area contributed by atoms with Crippen molar-refractivity contribution in [3.05, 3.63) is 0 Å². The van der Waals surface area contributed by atoms with Crippen LogP contribution in [0.15, 0.2) is 4.99 Å². The zero-order valence-corrected chi connectivity index (χ0v) is 6.79. The minimum absolute atomic E-state index is 0.0787. The molecule has 0 saturated heterocycles. The molecule has 0 saturated carbocycles. The van der Waals surface area contributed by atoms with Gasteiger partial charge >= 0.3 is 0 Å². The second-order valence-corrected chi connectivity index (χ2v) is 1.96. The van der Waals surface area contributed by atoms with Crippen LogP contribution in [0.25, 0.3) is 0 Å². The molecule has 2 N–H and O–H groups in total. The Morgan fingerprint density at radius 3 is 1.73 bits per heavy atom. The van der Waals surface area contributed by atoms with Gasteiger partial charge in [0.25, 0.3) is 0 Å². The van der Waals surface area contributed by atoms with Crippen LogP contribution in [0.1, 0.15) is 13.8 Å². The SMILES string of the molecule is CN=C(N)N(C(C)=O)C(C)=O. The summed E-state index contributed by atoms with van der Waals surface area (Å²) in [5.74, 6) is -0.939. The number of hydrogen-bond acceptors (Lipinski definition) is 3. The maximum atomic E-state index is 10.7. The molecule has 0 rings (SSSR count). The fourth-order valence-electron chi connectivity index (χ4n) is 0.644. The van der Waals surface area contributed by atoms with Gasteiger partial charge in [0.2, 0.25) is 17.8 Å². The Kier molecular flexibility index (Phi) is 3.23. The first kappa shape index (κ1) is 9.61. The van der Waals surface area contributed by atoms with Crippen molar-refractivity contribution in [1.82, 2.24) is 4.90 Å². The van der Waals surface area contributed by atoms with Crippen LogP contribution >= 0.6 is 0 Å². The average Bonchev–Trinajstić information content (AvgIpc) is 1.85. The highest BCUT2D eigenvalue weighted by atomic mass is 16.2. The second-order valence-electron chi connectivity index (χ2n) is 1.96. The molecule has 5 heteroatoms. The van der Waals surface area contributed by atoms with Gasteiger partial charge in [-0.3, -0.25) is 14.6 Å². The molecule has 0 atom stereocenters. The molecular weight excluding hydrogens is 146 g/mol. The monoisotopic (exact) mass is 157 g/mol. The predicted molar refractivity (Wildman–Crippen MR) is 40.7 cm³/mol. The van der Waals surface area contributed by atoms with Crippen molar-refractivity contribution >= 4 is 17.8 Å². The van der Waals surface area contributed by atoms with Gasteiger partial charge in [0.05, 0.1) is 0 Å². The van der Waals surface area contributed by atoms with Crippen molar-refractivity contribution < 1.29 is 9.59 Å². The van der Waals surface area contributed by atoms with Gasteiger partial charge in [-0.1, -0.05) is 0 Å². The number of nitrogens with two attached hydrogens (primary N) is 1. The molecule has 0 aromatic carbocycles. The van der Waals surface area contributed by atoms with Crippen molar-refractivity contribution in [2.45, 2.75) is 13.8 Å². The molecule has 0 heterocycles. The Hall–Kier alpha value is -1.39. The van der Waals surface area contributed by atoms with Crippen LogP contribution in [0.2, 0.25) is 0 Å². The Morgan fingerprint density at radius 1 is 1.27 bits per heavy atom. The Morgan fingerprint density at radius 2 is 1.64 bits per heavy atom. The van der Waals surface area contributed by atoms with E-state index in [4.69, 9.17) is 5.73 Å². The maximum Gasteiger partial charge on any atom is 0.232 e. The molecule has 0 aromatic rings. The number of rotatable bonds is 0. The normalized spacial score (nSPS) is 11.0. The van der Waals surface area contributed by atoms with Crippen molar-refractivity contribution in [2.75, 3.05) is 7.05 Å². The summed E-state index contributed by atoms with van der Waals surface area (Å²) >= 11 is 0. The van der Waals surface area contributed by atoms with E-state index in [-0.39, 0.29) is 5.96 Å². The lowest BCUT2D eigenvalue weighted by atomic mass is 10.5. The standard InChI is InChI=1S/C6H11N3O2/c1-4(10)9(5(2)11)6(7)8-3/h1-3H3,(H2,7,8). The van der Waals surface area contributed by atoms with Crippen LogP contribution in [0.3, 0.4) is 0 Å². The molecule has 5 nitrogen and oxygen atoms in total. The lowest BCUT2D eigenvalue weighted by molar-refractivity contribution is -0.137. The van der Waals surface area contributed by atoms with Gasteiger partial charge in [-0.25, -0.2) is 4.90 Å². The molecule has 2 amide bonds. The van der Waals surface area contributed by atoms with E-state index in [2.05, 4.69) is 4.99 Å². The third-order valence-corrected chi connectivity index (χ3v) is 1.09. The molecular formula is C6H11N3O2. The number of imide groups is 1. The third kappa shape index (κ3) is 2.37. The number of guanidine groups is 1. The minimum Gasteiger partial charge on any atom is -0.369 e. The predicted octanol–water partition coefficient (Wildman–Crippen LogP) is -0.674. The van der Waals surface area contributed by atoms with Gasteiger partial charge in [0, 0.05) is 20.9 Å². The first-order valence-corrected chi connectivity index (χ1v) is 3.04. The Balaban J connectivity index is 4.62. The van der Waals surface area contributed by atoms with Crippen molar-refractivity contribution in [1.29, 1.82) is 0 Å². The Bertz CT molecular complexity index is 196. The molecule has 11 heavy (non-hydrogen) atoms. The zero-order valence-electron chi connectivity index (χ0n) is 6.79. The topological polar surface area (TPSA) is 75.8 Å². The van der Waals surface area contributed by atoms with Crippen molar-refractivity contribution in [3.8, 4) is 0 Å². The first-order valence-electron chi connectivity index (χ1n) is 3.04. The fourth-order valence-corrected chi connectivity index (χ4v) is 0.644. The number of carbonyl (C=O) groups is 2. The van der Waals surface area contributed by atoms with E-state index < -0.39 is 11.8 Å². The van der Waals surface area contributed by atoms with Gasteiger partial charge in [0.15, 0.2) is 0 Å². The lowest BCUT2D eigenvalue weighted by Crippen LogP contribution is -2.43. The van der Waals surface area contributed by atoms with Crippen LogP contribution in [0.4, 0.5) is 0 Å². The van der Waals surface area contributed by atoms with E-state index >= 15 is 0 Å². The van der Waals surface area contributed by atoms with E-state index in [0.717, 1.165) is 4.90 Å². The number of carbonyl (C=O) groups excluding carboxylic acids is 2. The molecule has 0 unspecified atom stereocenters. The quantitative estimate of drug-likeness (QED) is 0.374. The molecule has 0 aliphatic rings. The van der Waals surface area contributed by atoms with E-state index in [1.807, 2.05) is 0 Å². The minimum atomic E-state index is -0.430. The molecule has 0 fully saturated rings. The number of amides is 2. The first-order chi connectivity index (χ1) is 5.00. The van der Waals surface area contributed by atoms with E-state index in [9.17, 15) is 9.59 Å². The maximum absolute atomic E-state index is 10.7. The summed E-state index contributed by atoms with van der Waals surface area (Å²) in [5.41, 5.74) is 5.25. The molecule has 0 spiro atoms. The van der Waals surface area contributed by atoms with Gasteiger partial charge < -0.3 is 5.73 Å². The summed E-state index contributed by atoms with van der Waals surface area (Å²) in [5, 5.41) is 0. The molecule has 0 aromatic heterocycles. The zero-order chi connectivity index (χ0) is 9.02.